The van der Waals surface area contributed by atoms with Crippen molar-refractivity contribution in [2.45, 2.75) is 26.1 Å². The van der Waals surface area contributed by atoms with Gasteiger partial charge in [-0.2, -0.15) is 5.26 Å². The van der Waals surface area contributed by atoms with Gasteiger partial charge < -0.3 is 20.1 Å². The highest BCUT2D eigenvalue weighted by Gasteiger charge is 2.21. The van der Waals surface area contributed by atoms with Crippen molar-refractivity contribution < 1.29 is 14.6 Å². The van der Waals surface area contributed by atoms with E-state index in [1.54, 1.807) is 18.3 Å². The topological polar surface area (TPSA) is 85.6 Å². The molecule has 0 aliphatic carbocycles. The molecule has 0 saturated carbocycles. The van der Waals surface area contributed by atoms with Crippen LogP contribution in [0.4, 0.5) is 5.69 Å². The summed E-state index contributed by atoms with van der Waals surface area (Å²) in [6.45, 7) is 5.18. The van der Waals surface area contributed by atoms with Gasteiger partial charge in [-0.05, 0) is 26.0 Å². The molecule has 0 spiro atoms. The van der Waals surface area contributed by atoms with Crippen LogP contribution in [0, 0.1) is 11.3 Å². The number of amides is 1. The van der Waals surface area contributed by atoms with Crippen molar-refractivity contribution >= 4 is 11.6 Å². The molecule has 2 N–H and O–H groups in total. The highest BCUT2D eigenvalue weighted by molar-refractivity contribution is 6.06. The largest absolute Gasteiger partial charge is 0.508 e. The number of nitrogens with one attached hydrogen (secondary N) is 1. The zero-order valence-electron chi connectivity index (χ0n) is 12.6. The molecule has 116 valence electrons. The van der Waals surface area contributed by atoms with Gasteiger partial charge in [0, 0.05) is 31.0 Å². The van der Waals surface area contributed by atoms with E-state index in [0.29, 0.717) is 18.8 Å². The third-order valence-electron chi connectivity index (χ3n) is 3.23. The first-order chi connectivity index (χ1) is 10.5. The van der Waals surface area contributed by atoms with Crippen molar-refractivity contribution in [3.8, 4) is 11.8 Å². The van der Waals surface area contributed by atoms with Crippen LogP contribution < -0.4 is 5.32 Å². The van der Waals surface area contributed by atoms with E-state index in [2.05, 4.69) is 5.32 Å². The summed E-state index contributed by atoms with van der Waals surface area (Å²) in [5, 5.41) is 21.2. The third-order valence-corrected chi connectivity index (χ3v) is 3.23. The van der Waals surface area contributed by atoms with Gasteiger partial charge in [0.15, 0.2) is 0 Å². The van der Waals surface area contributed by atoms with Gasteiger partial charge in [0.05, 0.1) is 12.2 Å². The summed E-state index contributed by atoms with van der Waals surface area (Å²) in [6, 6.07) is 8.11. The molecule has 22 heavy (non-hydrogen) atoms. The number of hydrogen-bond donors (Lipinski definition) is 2. The number of morpholine rings is 1. The lowest BCUT2D eigenvalue weighted by atomic mass is 10.2. The molecule has 1 heterocycles. The number of phenols is 1. The van der Waals surface area contributed by atoms with Gasteiger partial charge in [-0.1, -0.05) is 6.07 Å². The fourth-order valence-electron chi connectivity index (χ4n) is 2.43. The van der Waals surface area contributed by atoms with Gasteiger partial charge in [-0.25, -0.2) is 0 Å². The molecule has 0 aromatic heterocycles. The molecule has 2 atom stereocenters. The van der Waals surface area contributed by atoms with Gasteiger partial charge in [0.25, 0.3) is 5.91 Å². The summed E-state index contributed by atoms with van der Waals surface area (Å²) in [4.78, 5) is 14.1. The number of hydrogen-bond acceptors (Lipinski definition) is 5. The molecule has 2 unspecified atom stereocenters. The third kappa shape index (κ3) is 4.24. The van der Waals surface area contributed by atoms with Crippen molar-refractivity contribution in [2.24, 2.45) is 0 Å². The van der Waals surface area contributed by atoms with E-state index < -0.39 is 5.91 Å². The quantitative estimate of drug-likeness (QED) is 0.657. The van der Waals surface area contributed by atoms with Crippen LogP contribution in [0.15, 0.2) is 36.0 Å². The van der Waals surface area contributed by atoms with Crippen LogP contribution in [0.2, 0.25) is 0 Å². The summed E-state index contributed by atoms with van der Waals surface area (Å²) >= 11 is 0. The Morgan fingerprint density at radius 3 is 2.73 bits per heavy atom. The van der Waals surface area contributed by atoms with Gasteiger partial charge in [0.2, 0.25) is 0 Å². The SMILES string of the molecule is CC1CN(/C=C(/C#N)C(=O)Nc2cccc(O)c2)CC(C)O1. The first-order valence-corrected chi connectivity index (χ1v) is 7.09. The number of ether oxygens (including phenoxy) is 1. The highest BCUT2D eigenvalue weighted by atomic mass is 16.5. The molecule has 1 aliphatic heterocycles. The number of carbonyl (C=O) groups excluding carboxylic acids is 1. The summed E-state index contributed by atoms with van der Waals surface area (Å²) < 4.78 is 5.62. The van der Waals surface area contributed by atoms with Gasteiger partial charge in [0.1, 0.15) is 17.4 Å². The van der Waals surface area contributed by atoms with E-state index in [4.69, 9.17) is 4.74 Å². The minimum absolute atomic E-state index is 0.0182. The maximum absolute atomic E-state index is 12.2. The monoisotopic (exact) mass is 301 g/mol. The summed E-state index contributed by atoms with van der Waals surface area (Å²) in [6.07, 6.45) is 1.66. The van der Waals surface area contributed by atoms with Gasteiger partial charge in [-0.3, -0.25) is 4.79 Å². The highest BCUT2D eigenvalue weighted by Crippen LogP contribution is 2.17. The lowest BCUT2D eigenvalue weighted by molar-refractivity contribution is -0.112. The Bertz CT molecular complexity index is 611. The Morgan fingerprint density at radius 1 is 1.45 bits per heavy atom. The number of phenolic OH excluding ortho intramolecular Hbond substituents is 1. The molecule has 1 aromatic rings. The molecular formula is C16H19N3O3. The van der Waals surface area contributed by atoms with Crippen LogP contribution >= 0.6 is 0 Å². The molecule has 1 saturated heterocycles. The fraction of sp³-hybridized carbons (Fsp3) is 0.375. The van der Waals surface area contributed by atoms with Crippen LogP contribution in [0.3, 0.4) is 0 Å². The predicted octanol–water partition coefficient (Wildman–Crippen LogP) is 1.85. The average Bonchev–Trinajstić information content (AvgIpc) is 2.43. The van der Waals surface area contributed by atoms with Crippen LogP contribution in [0.25, 0.3) is 0 Å². The Hall–Kier alpha value is -2.52. The number of carbonyl (C=O) groups is 1. The number of anilines is 1. The Morgan fingerprint density at radius 2 is 2.14 bits per heavy atom. The molecule has 1 amide bonds. The second-order valence-electron chi connectivity index (χ2n) is 5.37. The molecule has 6 nitrogen and oxygen atoms in total. The number of rotatable bonds is 3. The molecule has 1 aliphatic rings. The van der Waals surface area contributed by atoms with E-state index in [9.17, 15) is 15.2 Å². The van der Waals surface area contributed by atoms with Crippen LogP contribution in [-0.2, 0) is 9.53 Å². The second-order valence-corrected chi connectivity index (χ2v) is 5.37. The fourth-order valence-corrected chi connectivity index (χ4v) is 2.43. The van der Waals surface area contributed by atoms with Crippen LogP contribution in [0.5, 0.6) is 5.75 Å². The van der Waals surface area contributed by atoms with Crippen molar-refractivity contribution in [3.63, 3.8) is 0 Å². The number of aromatic hydroxyl groups is 1. The van der Waals surface area contributed by atoms with Crippen LogP contribution in [0.1, 0.15) is 13.8 Å². The zero-order valence-corrected chi connectivity index (χ0v) is 12.6. The Kier molecular flexibility index (Phi) is 5.02. The zero-order chi connectivity index (χ0) is 16.1. The normalized spacial score (nSPS) is 22.0. The number of nitriles is 1. The van der Waals surface area contributed by atoms with Crippen molar-refractivity contribution in [1.29, 1.82) is 5.26 Å². The molecular weight excluding hydrogens is 282 g/mol. The van der Waals surface area contributed by atoms with E-state index in [-0.39, 0.29) is 23.5 Å². The van der Waals surface area contributed by atoms with Gasteiger partial charge in [-0.15, -0.1) is 0 Å². The second kappa shape index (κ2) is 6.96. The maximum Gasteiger partial charge on any atom is 0.267 e. The minimum Gasteiger partial charge on any atom is -0.508 e. The maximum atomic E-state index is 12.2. The minimum atomic E-state index is -0.500. The van der Waals surface area contributed by atoms with Crippen molar-refractivity contribution in [2.75, 3.05) is 18.4 Å². The van der Waals surface area contributed by atoms with E-state index in [1.807, 2.05) is 24.8 Å². The predicted molar refractivity (Wildman–Crippen MR) is 82.0 cm³/mol. The molecule has 6 heteroatoms. The lowest BCUT2D eigenvalue weighted by Crippen LogP contribution is -2.43. The molecule has 0 radical (unpaired) electrons. The first kappa shape index (κ1) is 15.9. The van der Waals surface area contributed by atoms with Crippen molar-refractivity contribution in [1.82, 2.24) is 4.90 Å². The van der Waals surface area contributed by atoms with Gasteiger partial charge >= 0.3 is 0 Å². The van der Waals surface area contributed by atoms with Crippen molar-refractivity contribution in [3.05, 3.63) is 36.0 Å². The molecule has 2 rings (SSSR count). The van der Waals surface area contributed by atoms with E-state index in [0.717, 1.165) is 0 Å². The lowest BCUT2D eigenvalue weighted by Gasteiger charge is -2.34. The number of nitrogens with zero attached hydrogens (tertiary/aromatic N) is 2. The van der Waals surface area contributed by atoms with E-state index >= 15 is 0 Å². The summed E-state index contributed by atoms with van der Waals surface area (Å²) in [7, 11) is 0. The van der Waals surface area contributed by atoms with E-state index in [1.165, 1.54) is 12.1 Å². The average molecular weight is 301 g/mol. The first-order valence-electron chi connectivity index (χ1n) is 7.09. The number of benzene rings is 1. The molecule has 0 bridgehead atoms. The standard InChI is InChI=1S/C16H19N3O3/c1-11-8-19(9-12(2)22-11)10-13(7-17)16(21)18-14-4-3-5-15(20)6-14/h3-6,10-12,20H,8-9H2,1-2H3,(H,18,21)/b13-10-. The summed E-state index contributed by atoms with van der Waals surface area (Å²) in [5.74, 6) is -0.448. The molecule has 1 fully saturated rings. The van der Waals surface area contributed by atoms with Crippen LogP contribution in [-0.4, -0.2) is 41.2 Å². The smallest absolute Gasteiger partial charge is 0.267 e. The Balaban J connectivity index is 2.08. The summed E-state index contributed by atoms with van der Waals surface area (Å²) in [5.41, 5.74) is 0.458. The Labute approximate surface area is 129 Å². The molecule has 1 aromatic carbocycles.